The third kappa shape index (κ3) is 3.14. The first-order valence-corrected chi connectivity index (χ1v) is 7.44. The van der Waals surface area contributed by atoms with E-state index in [4.69, 9.17) is 10.5 Å². The van der Waals surface area contributed by atoms with Gasteiger partial charge in [0.05, 0.1) is 17.7 Å². The maximum Gasteiger partial charge on any atom is 0.240 e. The van der Waals surface area contributed by atoms with E-state index in [9.17, 15) is 8.42 Å². The lowest BCUT2D eigenvalue weighted by atomic mass is 10.3. The van der Waals surface area contributed by atoms with Crippen LogP contribution in [0.25, 0.3) is 0 Å². The molecule has 0 aromatic heterocycles. The van der Waals surface area contributed by atoms with Crippen LogP contribution in [0.15, 0.2) is 23.1 Å². The summed E-state index contributed by atoms with van der Waals surface area (Å²) in [6, 6.07) is 4.47. The number of rotatable bonds is 6. The van der Waals surface area contributed by atoms with Crippen LogP contribution < -0.4 is 15.2 Å². The Morgan fingerprint density at radius 2 is 2.17 bits per heavy atom. The molecular weight excluding hydrogens is 252 g/mol. The maximum atomic E-state index is 12.0. The number of anilines is 1. The quantitative estimate of drug-likeness (QED) is 0.765. The lowest BCUT2D eigenvalue weighted by Crippen LogP contribution is -2.25. The normalized spacial score (nSPS) is 15.6. The van der Waals surface area contributed by atoms with Gasteiger partial charge in [0, 0.05) is 6.54 Å². The fourth-order valence-corrected chi connectivity index (χ4v) is 2.85. The molecule has 0 atom stereocenters. The number of methoxy groups -OCH3 is 1. The van der Waals surface area contributed by atoms with E-state index in [1.54, 1.807) is 6.07 Å². The molecule has 100 valence electrons. The standard InChI is InChI=1S/C12H18N2O3S/c1-17-12-5-4-10(8-11(12)13)18(15,16)14-7-6-9-2-3-9/h4-5,8-9,14H,2-3,6-7,13H2,1H3. The van der Waals surface area contributed by atoms with Gasteiger partial charge < -0.3 is 10.5 Å². The van der Waals surface area contributed by atoms with Crippen LogP contribution in [-0.4, -0.2) is 22.1 Å². The zero-order chi connectivity index (χ0) is 13.2. The van der Waals surface area contributed by atoms with Crippen molar-refractivity contribution in [1.29, 1.82) is 0 Å². The molecule has 1 aromatic carbocycles. The molecule has 1 aliphatic rings. The van der Waals surface area contributed by atoms with E-state index >= 15 is 0 Å². The number of hydrogen-bond acceptors (Lipinski definition) is 4. The van der Waals surface area contributed by atoms with Crippen LogP contribution in [0.1, 0.15) is 19.3 Å². The molecule has 3 N–H and O–H groups in total. The van der Waals surface area contributed by atoms with Crippen molar-refractivity contribution in [3.05, 3.63) is 18.2 Å². The molecule has 1 aliphatic carbocycles. The Hall–Kier alpha value is -1.27. The molecule has 0 radical (unpaired) electrons. The van der Waals surface area contributed by atoms with Crippen molar-refractivity contribution in [3.8, 4) is 5.75 Å². The highest BCUT2D eigenvalue weighted by molar-refractivity contribution is 7.89. The molecule has 6 heteroatoms. The average Bonchev–Trinajstić information content (AvgIpc) is 3.12. The molecule has 5 nitrogen and oxygen atoms in total. The summed E-state index contributed by atoms with van der Waals surface area (Å²) in [5.41, 5.74) is 6.02. The largest absolute Gasteiger partial charge is 0.495 e. The molecule has 18 heavy (non-hydrogen) atoms. The van der Waals surface area contributed by atoms with Gasteiger partial charge in [-0.05, 0) is 30.5 Å². The monoisotopic (exact) mass is 270 g/mol. The maximum absolute atomic E-state index is 12.0. The van der Waals surface area contributed by atoms with E-state index in [0.717, 1.165) is 6.42 Å². The van der Waals surface area contributed by atoms with Crippen molar-refractivity contribution < 1.29 is 13.2 Å². The van der Waals surface area contributed by atoms with Gasteiger partial charge in [0.1, 0.15) is 5.75 Å². The number of nitrogens with two attached hydrogens (primary N) is 1. The van der Waals surface area contributed by atoms with Crippen molar-refractivity contribution in [3.63, 3.8) is 0 Å². The molecule has 0 spiro atoms. The van der Waals surface area contributed by atoms with Crippen LogP contribution in [0.5, 0.6) is 5.75 Å². The highest BCUT2D eigenvalue weighted by Gasteiger charge is 2.22. The summed E-state index contributed by atoms with van der Waals surface area (Å²) in [5.74, 6) is 1.18. The third-order valence-electron chi connectivity index (χ3n) is 3.05. The minimum atomic E-state index is -3.46. The molecule has 0 amide bonds. The van der Waals surface area contributed by atoms with Crippen LogP contribution in [0.2, 0.25) is 0 Å². The Bertz CT molecular complexity index is 524. The molecule has 0 aliphatic heterocycles. The van der Waals surface area contributed by atoms with E-state index in [2.05, 4.69) is 4.72 Å². The highest BCUT2D eigenvalue weighted by Crippen LogP contribution is 2.32. The van der Waals surface area contributed by atoms with Gasteiger partial charge in [0.15, 0.2) is 0 Å². The Morgan fingerprint density at radius 1 is 1.44 bits per heavy atom. The summed E-state index contributed by atoms with van der Waals surface area (Å²) >= 11 is 0. The number of sulfonamides is 1. The van der Waals surface area contributed by atoms with Gasteiger partial charge in [-0.15, -0.1) is 0 Å². The van der Waals surface area contributed by atoms with E-state index < -0.39 is 10.0 Å². The number of nitrogen functional groups attached to an aromatic ring is 1. The predicted octanol–water partition coefficient (Wildman–Crippen LogP) is 1.36. The van der Waals surface area contributed by atoms with Crippen molar-refractivity contribution in [2.45, 2.75) is 24.2 Å². The number of ether oxygens (including phenoxy) is 1. The van der Waals surface area contributed by atoms with Crippen molar-refractivity contribution >= 4 is 15.7 Å². The molecule has 0 heterocycles. The van der Waals surface area contributed by atoms with E-state index in [1.165, 1.54) is 32.1 Å². The Labute approximate surface area is 107 Å². The summed E-state index contributed by atoms with van der Waals surface area (Å²) in [7, 11) is -1.97. The number of nitrogens with one attached hydrogen (secondary N) is 1. The van der Waals surface area contributed by atoms with Crippen LogP contribution in [-0.2, 0) is 10.0 Å². The van der Waals surface area contributed by atoms with Gasteiger partial charge in [-0.25, -0.2) is 13.1 Å². The first kappa shape index (κ1) is 13.2. The van der Waals surface area contributed by atoms with Crippen LogP contribution in [0.4, 0.5) is 5.69 Å². The fraction of sp³-hybridized carbons (Fsp3) is 0.500. The molecule has 1 aromatic rings. The summed E-state index contributed by atoms with van der Waals surface area (Å²) in [4.78, 5) is 0.177. The lowest BCUT2D eigenvalue weighted by Gasteiger charge is -2.09. The molecule has 0 saturated heterocycles. The van der Waals surface area contributed by atoms with Crippen LogP contribution in [0.3, 0.4) is 0 Å². The lowest BCUT2D eigenvalue weighted by molar-refractivity contribution is 0.416. The summed E-state index contributed by atoms with van der Waals surface area (Å²) in [6.45, 7) is 0.485. The molecule has 2 rings (SSSR count). The third-order valence-corrected chi connectivity index (χ3v) is 4.51. The number of hydrogen-bond donors (Lipinski definition) is 2. The van der Waals surface area contributed by atoms with Gasteiger partial charge >= 0.3 is 0 Å². The van der Waals surface area contributed by atoms with Gasteiger partial charge in [-0.2, -0.15) is 0 Å². The summed E-state index contributed by atoms with van der Waals surface area (Å²) < 4.78 is 31.5. The van der Waals surface area contributed by atoms with Gasteiger partial charge in [0.25, 0.3) is 0 Å². The van der Waals surface area contributed by atoms with E-state index in [-0.39, 0.29) is 4.90 Å². The predicted molar refractivity (Wildman–Crippen MR) is 69.9 cm³/mol. The average molecular weight is 270 g/mol. The van der Waals surface area contributed by atoms with Crippen molar-refractivity contribution in [2.75, 3.05) is 19.4 Å². The van der Waals surface area contributed by atoms with Crippen LogP contribution >= 0.6 is 0 Å². The minimum absolute atomic E-state index is 0.177. The Morgan fingerprint density at radius 3 is 2.72 bits per heavy atom. The van der Waals surface area contributed by atoms with E-state index in [0.29, 0.717) is 23.9 Å². The molecule has 0 unspecified atom stereocenters. The Kier molecular flexibility index (Phi) is 3.77. The summed E-state index contributed by atoms with van der Waals surface area (Å²) in [6.07, 6.45) is 3.35. The molecule has 1 fully saturated rings. The van der Waals surface area contributed by atoms with Crippen LogP contribution in [0, 0.1) is 5.92 Å². The van der Waals surface area contributed by atoms with Crippen molar-refractivity contribution in [1.82, 2.24) is 4.72 Å². The van der Waals surface area contributed by atoms with Gasteiger partial charge in [-0.3, -0.25) is 0 Å². The number of benzene rings is 1. The van der Waals surface area contributed by atoms with Gasteiger partial charge in [-0.1, -0.05) is 12.8 Å². The topological polar surface area (TPSA) is 81.4 Å². The summed E-state index contributed by atoms with van der Waals surface area (Å²) in [5, 5.41) is 0. The van der Waals surface area contributed by atoms with Crippen molar-refractivity contribution in [2.24, 2.45) is 5.92 Å². The Balaban J connectivity index is 2.05. The smallest absolute Gasteiger partial charge is 0.240 e. The zero-order valence-electron chi connectivity index (χ0n) is 10.3. The minimum Gasteiger partial charge on any atom is -0.495 e. The molecular formula is C12H18N2O3S. The second kappa shape index (κ2) is 5.16. The van der Waals surface area contributed by atoms with Gasteiger partial charge in [0.2, 0.25) is 10.0 Å². The second-order valence-corrected chi connectivity index (χ2v) is 6.30. The fourth-order valence-electron chi connectivity index (χ4n) is 1.77. The first-order chi connectivity index (χ1) is 8.53. The SMILES string of the molecule is COc1ccc(S(=O)(=O)NCCC2CC2)cc1N. The zero-order valence-corrected chi connectivity index (χ0v) is 11.2. The highest BCUT2D eigenvalue weighted by atomic mass is 32.2. The first-order valence-electron chi connectivity index (χ1n) is 5.96. The van der Waals surface area contributed by atoms with E-state index in [1.807, 2.05) is 0 Å². The second-order valence-electron chi connectivity index (χ2n) is 4.53. The molecule has 1 saturated carbocycles. The molecule has 0 bridgehead atoms.